The van der Waals surface area contributed by atoms with Gasteiger partial charge in [0.05, 0.1) is 44.2 Å². The molecular formula is C34H40F2N8O5. The smallest absolute Gasteiger partial charge is 0.410 e. The SMILES string of the molecule is COc1cc(Nc2ncnc(-c3ccc(O[C@H]4CCN(C(=O)OC(C)(C)C)CC4(F)F)c(C#N)c3)n2)ccc1N1CCN(C2COC2)CC1. The maximum atomic E-state index is 15.1. The normalized spacial score (nSPS) is 19.8. The fourth-order valence-electron chi connectivity index (χ4n) is 5.96. The number of carbonyl (C=O) groups excluding carboxylic acids is 1. The number of piperazine rings is 1. The van der Waals surface area contributed by atoms with Gasteiger partial charge in [-0.15, -0.1) is 0 Å². The van der Waals surface area contributed by atoms with Crippen LogP contribution in [0.25, 0.3) is 11.4 Å². The maximum Gasteiger partial charge on any atom is 0.410 e. The van der Waals surface area contributed by atoms with Crippen molar-refractivity contribution in [1.29, 1.82) is 5.26 Å². The molecule has 4 heterocycles. The van der Waals surface area contributed by atoms with Gasteiger partial charge in [-0.1, -0.05) is 0 Å². The molecule has 3 aliphatic rings. The minimum Gasteiger partial charge on any atom is -0.495 e. The van der Waals surface area contributed by atoms with Gasteiger partial charge in [-0.25, -0.2) is 23.5 Å². The predicted molar refractivity (Wildman–Crippen MR) is 176 cm³/mol. The molecule has 15 heteroatoms. The summed E-state index contributed by atoms with van der Waals surface area (Å²) in [6, 6.07) is 12.9. The van der Waals surface area contributed by atoms with Crippen LogP contribution in [0.2, 0.25) is 0 Å². The third kappa shape index (κ3) is 7.92. The highest BCUT2D eigenvalue weighted by molar-refractivity contribution is 5.69. The fourth-order valence-corrected chi connectivity index (χ4v) is 5.96. The number of alkyl halides is 2. The number of methoxy groups -OCH3 is 1. The minimum absolute atomic E-state index is 0.000277. The number of aromatic nitrogens is 3. The van der Waals surface area contributed by atoms with E-state index in [1.807, 2.05) is 24.3 Å². The molecule has 0 radical (unpaired) electrons. The Labute approximate surface area is 283 Å². The first-order valence-electron chi connectivity index (χ1n) is 16.2. The second-order valence-electron chi connectivity index (χ2n) is 13.2. The maximum absolute atomic E-state index is 15.1. The second kappa shape index (κ2) is 14.0. The molecule has 260 valence electrons. The summed E-state index contributed by atoms with van der Waals surface area (Å²) < 4.78 is 52.2. The van der Waals surface area contributed by atoms with E-state index in [2.05, 4.69) is 30.1 Å². The van der Waals surface area contributed by atoms with E-state index < -0.39 is 30.3 Å². The van der Waals surface area contributed by atoms with Crippen molar-refractivity contribution < 1.29 is 32.5 Å². The van der Waals surface area contributed by atoms with Crippen LogP contribution in [-0.4, -0.2) is 114 Å². The number of benzene rings is 2. The second-order valence-corrected chi connectivity index (χ2v) is 13.2. The average Bonchev–Trinajstić information content (AvgIpc) is 3.04. The van der Waals surface area contributed by atoms with E-state index in [1.54, 1.807) is 33.9 Å². The third-order valence-corrected chi connectivity index (χ3v) is 8.61. The molecule has 0 spiro atoms. The van der Waals surface area contributed by atoms with Crippen molar-refractivity contribution in [2.75, 3.05) is 69.8 Å². The van der Waals surface area contributed by atoms with Crippen molar-refractivity contribution in [3.05, 3.63) is 48.3 Å². The molecule has 3 fully saturated rings. The lowest BCUT2D eigenvalue weighted by molar-refractivity contribution is -0.137. The number of amides is 1. The van der Waals surface area contributed by atoms with Gasteiger partial charge in [0.15, 0.2) is 11.9 Å². The number of piperidine rings is 1. The standard InChI is InChI=1S/C34H40F2N8O5/c1-33(2,3)49-32(45)44-10-9-29(34(35,36)20-44)48-27-8-5-22(15-23(27)17-37)30-38-21-39-31(41-30)40-24-6-7-26(28(16-24)46-4)43-13-11-42(12-14-43)25-18-47-19-25/h5-8,15-16,21,25,29H,9-14,18-20H2,1-4H3,(H,38,39,40,41)/t29-/m0/s1. The third-order valence-electron chi connectivity index (χ3n) is 8.61. The molecule has 3 aliphatic heterocycles. The largest absolute Gasteiger partial charge is 0.495 e. The Hall–Kier alpha value is -4.81. The molecule has 1 aromatic heterocycles. The van der Waals surface area contributed by atoms with Crippen LogP contribution in [0.3, 0.4) is 0 Å². The lowest BCUT2D eigenvalue weighted by Gasteiger charge is -2.43. The van der Waals surface area contributed by atoms with Crippen LogP contribution in [0.15, 0.2) is 42.7 Å². The number of rotatable bonds is 8. The molecule has 1 amide bonds. The van der Waals surface area contributed by atoms with Crippen molar-refractivity contribution in [1.82, 2.24) is 24.8 Å². The number of hydrogen-bond donors (Lipinski definition) is 1. The molecule has 1 atom stereocenters. The van der Waals surface area contributed by atoms with Crippen LogP contribution in [0.4, 0.5) is 30.9 Å². The summed E-state index contributed by atoms with van der Waals surface area (Å²) in [6.45, 7) is 9.52. The van der Waals surface area contributed by atoms with Crippen LogP contribution in [0, 0.1) is 11.3 Å². The highest BCUT2D eigenvalue weighted by Gasteiger charge is 2.48. The van der Waals surface area contributed by atoms with Crippen molar-refractivity contribution in [2.45, 2.75) is 50.9 Å². The highest BCUT2D eigenvalue weighted by atomic mass is 19.3. The molecule has 13 nitrogen and oxygen atoms in total. The van der Waals surface area contributed by atoms with Gasteiger partial charge in [0.25, 0.3) is 0 Å². The van der Waals surface area contributed by atoms with Gasteiger partial charge in [0.2, 0.25) is 5.95 Å². The van der Waals surface area contributed by atoms with Crippen LogP contribution >= 0.6 is 0 Å². The van der Waals surface area contributed by atoms with E-state index in [4.69, 9.17) is 18.9 Å². The number of ether oxygens (including phenoxy) is 4. The summed E-state index contributed by atoms with van der Waals surface area (Å²) in [5.74, 6) is -2.10. The molecule has 3 saturated heterocycles. The number of nitriles is 1. The number of hydrogen-bond acceptors (Lipinski definition) is 12. The van der Waals surface area contributed by atoms with E-state index in [1.165, 1.54) is 18.5 Å². The van der Waals surface area contributed by atoms with Crippen LogP contribution < -0.4 is 19.7 Å². The van der Waals surface area contributed by atoms with E-state index in [0.29, 0.717) is 17.3 Å². The van der Waals surface area contributed by atoms with Gasteiger partial charge >= 0.3 is 12.0 Å². The van der Waals surface area contributed by atoms with Gasteiger partial charge in [-0.05, 0) is 51.1 Å². The Bertz CT molecular complexity index is 1700. The Morgan fingerprint density at radius 3 is 2.49 bits per heavy atom. The summed E-state index contributed by atoms with van der Waals surface area (Å²) in [5.41, 5.74) is 1.43. The summed E-state index contributed by atoms with van der Waals surface area (Å²) in [6.07, 6.45) is -1.13. The Morgan fingerprint density at radius 2 is 1.84 bits per heavy atom. The number of anilines is 3. The van der Waals surface area contributed by atoms with Crippen molar-refractivity contribution >= 4 is 23.4 Å². The van der Waals surface area contributed by atoms with Crippen molar-refractivity contribution in [3.8, 4) is 29.0 Å². The zero-order valence-corrected chi connectivity index (χ0v) is 28.0. The summed E-state index contributed by atoms with van der Waals surface area (Å²) in [5, 5.41) is 13.1. The summed E-state index contributed by atoms with van der Waals surface area (Å²) in [4.78, 5) is 31.1. The van der Waals surface area contributed by atoms with Gasteiger partial charge in [-0.2, -0.15) is 10.2 Å². The lowest BCUT2D eigenvalue weighted by Crippen LogP contribution is -2.56. The highest BCUT2D eigenvalue weighted by Crippen LogP contribution is 2.35. The molecular weight excluding hydrogens is 638 g/mol. The van der Waals surface area contributed by atoms with Crippen LogP contribution in [0.1, 0.15) is 32.8 Å². The molecule has 1 N–H and O–H groups in total. The molecule has 3 aromatic rings. The molecule has 2 aromatic carbocycles. The first-order chi connectivity index (χ1) is 23.4. The quantitative estimate of drug-likeness (QED) is 0.353. The van der Waals surface area contributed by atoms with Gasteiger partial charge in [0, 0.05) is 56.5 Å². The van der Waals surface area contributed by atoms with Crippen LogP contribution in [-0.2, 0) is 9.47 Å². The number of carbonyl (C=O) groups is 1. The molecule has 0 bridgehead atoms. The molecule has 0 unspecified atom stereocenters. The monoisotopic (exact) mass is 678 g/mol. The molecule has 6 rings (SSSR count). The number of nitrogens with zero attached hydrogens (tertiary/aromatic N) is 7. The minimum atomic E-state index is -3.36. The van der Waals surface area contributed by atoms with Crippen molar-refractivity contribution in [2.24, 2.45) is 0 Å². The first-order valence-corrected chi connectivity index (χ1v) is 16.2. The summed E-state index contributed by atoms with van der Waals surface area (Å²) in [7, 11) is 1.64. The van der Waals surface area contributed by atoms with E-state index in [9.17, 15) is 10.1 Å². The zero-order valence-electron chi connectivity index (χ0n) is 28.0. The number of halogens is 2. The zero-order chi connectivity index (χ0) is 34.8. The molecule has 0 saturated carbocycles. The topological polar surface area (TPSA) is 138 Å². The number of nitrogens with one attached hydrogen (secondary N) is 1. The first kappa shape index (κ1) is 34.1. The van der Waals surface area contributed by atoms with Crippen molar-refractivity contribution in [3.63, 3.8) is 0 Å². The average molecular weight is 679 g/mol. The Balaban J connectivity index is 1.11. The summed E-state index contributed by atoms with van der Waals surface area (Å²) >= 11 is 0. The molecule has 49 heavy (non-hydrogen) atoms. The fraction of sp³-hybridized carbons (Fsp3) is 0.500. The lowest BCUT2D eigenvalue weighted by atomic mass is 10.0. The molecule has 0 aliphatic carbocycles. The van der Waals surface area contributed by atoms with Gasteiger partial charge in [0.1, 0.15) is 29.5 Å². The van der Waals surface area contributed by atoms with E-state index >= 15 is 8.78 Å². The van der Waals surface area contributed by atoms with Crippen LogP contribution in [0.5, 0.6) is 11.5 Å². The Kier molecular flexibility index (Phi) is 9.71. The number of likely N-dealkylation sites (tertiary alicyclic amines) is 1. The predicted octanol–water partition coefficient (Wildman–Crippen LogP) is 4.71. The van der Waals surface area contributed by atoms with E-state index in [0.717, 1.165) is 55.7 Å². The van der Waals surface area contributed by atoms with E-state index in [-0.39, 0.29) is 36.1 Å². The van der Waals surface area contributed by atoms with Gasteiger partial charge in [-0.3, -0.25) is 4.90 Å². The van der Waals surface area contributed by atoms with Gasteiger partial charge < -0.3 is 34.1 Å². The Morgan fingerprint density at radius 1 is 1.06 bits per heavy atom.